The Morgan fingerprint density at radius 2 is 1.29 bits per heavy atom. The van der Waals surface area contributed by atoms with Crippen LogP contribution in [-0.2, 0) is 16.1 Å². The number of hydrogen-bond donors (Lipinski definition) is 0. The quantitative estimate of drug-likeness (QED) is 0.215. The van der Waals surface area contributed by atoms with Crippen LogP contribution in [0.5, 0.6) is 0 Å². The lowest BCUT2D eigenvalue weighted by atomic mass is 10.0. The summed E-state index contributed by atoms with van der Waals surface area (Å²) in [6, 6.07) is 29.9. The molecule has 0 spiro atoms. The van der Waals surface area contributed by atoms with Crippen LogP contribution in [0.2, 0.25) is 0 Å². The first-order valence-corrected chi connectivity index (χ1v) is 11.9. The zero-order valence-corrected chi connectivity index (χ0v) is 19.5. The highest BCUT2D eigenvalue weighted by Gasteiger charge is 2.23. The average molecular weight is 455 g/mol. The number of benzene rings is 3. The Bertz CT molecular complexity index is 1260. The summed E-state index contributed by atoms with van der Waals surface area (Å²) < 4.78 is 8.72. The summed E-state index contributed by atoms with van der Waals surface area (Å²) in [6.45, 7) is 2.80. The van der Waals surface area contributed by atoms with E-state index in [-0.39, 0.29) is 11.7 Å². The Kier molecular flexibility index (Phi) is 7.76. The van der Waals surface area contributed by atoms with Crippen molar-refractivity contribution in [2.24, 2.45) is 0 Å². The van der Waals surface area contributed by atoms with Gasteiger partial charge in [0.2, 0.25) is 0 Å². The third-order valence-corrected chi connectivity index (χ3v) is 5.82. The Hall–Kier alpha value is -3.86. The van der Waals surface area contributed by atoms with E-state index in [9.17, 15) is 9.59 Å². The largest absolute Gasteiger partial charge is 0.466 e. The van der Waals surface area contributed by atoms with Crippen molar-refractivity contribution >= 4 is 5.97 Å². The van der Waals surface area contributed by atoms with Crippen LogP contribution in [0.1, 0.15) is 32.6 Å². The number of unbranched alkanes of at least 4 members (excludes halogenated alkanes) is 2. The van der Waals surface area contributed by atoms with Crippen molar-refractivity contribution in [2.45, 2.75) is 39.2 Å². The van der Waals surface area contributed by atoms with Gasteiger partial charge in [0.15, 0.2) is 0 Å². The lowest BCUT2D eigenvalue weighted by Gasteiger charge is -2.12. The van der Waals surface area contributed by atoms with Gasteiger partial charge in [0.05, 0.1) is 23.7 Å². The minimum atomic E-state index is -0.161. The molecule has 0 aliphatic carbocycles. The molecule has 0 atom stereocenters. The molecule has 0 fully saturated rings. The number of hydrogen-bond acceptors (Lipinski definition) is 3. The van der Waals surface area contributed by atoms with Crippen LogP contribution in [0.25, 0.3) is 28.2 Å². The predicted octanol–water partition coefficient (Wildman–Crippen LogP) is 6.10. The smallest absolute Gasteiger partial charge is 0.333 e. The van der Waals surface area contributed by atoms with Gasteiger partial charge in [-0.3, -0.25) is 13.9 Å². The fourth-order valence-electron chi connectivity index (χ4n) is 4.27. The molecular formula is C29H30N2O3. The van der Waals surface area contributed by atoms with Gasteiger partial charge < -0.3 is 4.74 Å². The molecule has 3 aromatic carbocycles. The van der Waals surface area contributed by atoms with Crippen molar-refractivity contribution in [3.05, 3.63) is 101 Å². The molecule has 5 nitrogen and oxygen atoms in total. The molecule has 0 amide bonds. The molecule has 34 heavy (non-hydrogen) atoms. The van der Waals surface area contributed by atoms with Crippen LogP contribution < -0.4 is 5.69 Å². The maximum Gasteiger partial charge on any atom is 0.333 e. The summed E-state index contributed by atoms with van der Waals surface area (Å²) in [7, 11) is 0. The molecule has 0 radical (unpaired) electrons. The van der Waals surface area contributed by atoms with Gasteiger partial charge in [-0.05, 0) is 31.9 Å². The molecule has 0 aliphatic rings. The van der Waals surface area contributed by atoms with E-state index in [4.69, 9.17) is 4.74 Å². The number of esters is 1. The summed E-state index contributed by atoms with van der Waals surface area (Å²) in [5.74, 6) is -0.161. The van der Waals surface area contributed by atoms with Gasteiger partial charge in [0.1, 0.15) is 0 Å². The van der Waals surface area contributed by atoms with Crippen molar-refractivity contribution in [3.8, 4) is 28.2 Å². The van der Waals surface area contributed by atoms with Crippen molar-refractivity contribution in [2.75, 3.05) is 6.61 Å². The monoisotopic (exact) mass is 454 g/mol. The molecule has 1 aromatic heterocycles. The van der Waals surface area contributed by atoms with Gasteiger partial charge in [0.25, 0.3) is 0 Å². The zero-order chi connectivity index (χ0) is 23.8. The summed E-state index contributed by atoms with van der Waals surface area (Å²) >= 11 is 0. The second-order valence-electron chi connectivity index (χ2n) is 8.15. The van der Waals surface area contributed by atoms with Crippen LogP contribution in [-0.4, -0.2) is 21.7 Å². The van der Waals surface area contributed by atoms with Crippen LogP contribution in [0.4, 0.5) is 0 Å². The molecule has 0 unspecified atom stereocenters. The van der Waals surface area contributed by atoms with Gasteiger partial charge in [-0.1, -0.05) is 85.3 Å². The standard InChI is InChI=1S/C29H30N2O3/c1-2-34-26(32)21-13-6-14-22-30-27(23-15-7-3-8-16-23)28(24-17-9-4-10-18-24)31(29(30)33)25-19-11-5-12-20-25/h3-5,7-12,15-20H,2,6,13-14,21-22H2,1H3. The number of para-hydroxylation sites is 1. The van der Waals surface area contributed by atoms with Gasteiger partial charge >= 0.3 is 11.7 Å². The minimum Gasteiger partial charge on any atom is -0.466 e. The van der Waals surface area contributed by atoms with Crippen LogP contribution in [0.3, 0.4) is 0 Å². The van der Waals surface area contributed by atoms with E-state index in [0.29, 0.717) is 19.6 Å². The van der Waals surface area contributed by atoms with E-state index in [1.165, 1.54) is 0 Å². The summed E-state index contributed by atoms with van der Waals surface area (Å²) in [6.07, 6.45) is 2.80. The minimum absolute atomic E-state index is 0.0608. The number of ether oxygens (including phenoxy) is 1. The van der Waals surface area contributed by atoms with Crippen LogP contribution in [0.15, 0.2) is 95.8 Å². The summed E-state index contributed by atoms with van der Waals surface area (Å²) in [5, 5.41) is 0. The molecule has 4 rings (SSSR count). The lowest BCUT2D eigenvalue weighted by Crippen LogP contribution is -2.24. The zero-order valence-electron chi connectivity index (χ0n) is 19.5. The van der Waals surface area contributed by atoms with E-state index in [0.717, 1.165) is 47.5 Å². The lowest BCUT2D eigenvalue weighted by molar-refractivity contribution is -0.143. The predicted molar refractivity (Wildman–Crippen MR) is 136 cm³/mol. The number of nitrogens with zero attached hydrogens (tertiary/aromatic N) is 2. The first kappa shape index (κ1) is 23.3. The number of carbonyl (C=O) groups is 1. The Balaban J connectivity index is 1.77. The number of aromatic nitrogens is 2. The van der Waals surface area contributed by atoms with E-state index in [2.05, 4.69) is 0 Å². The highest BCUT2D eigenvalue weighted by atomic mass is 16.5. The Morgan fingerprint density at radius 3 is 1.88 bits per heavy atom. The molecule has 0 saturated heterocycles. The molecule has 0 N–H and O–H groups in total. The van der Waals surface area contributed by atoms with Gasteiger partial charge in [0, 0.05) is 24.1 Å². The normalized spacial score (nSPS) is 10.9. The van der Waals surface area contributed by atoms with Crippen molar-refractivity contribution in [1.82, 2.24) is 9.13 Å². The topological polar surface area (TPSA) is 53.2 Å². The third kappa shape index (κ3) is 5.20. The van der Waals surface area contributed by atoms with E-state index < -0.39 is 0 Å². The number of carbonyl (C=O) groups excluding carboxylic acids is 1. The fraction of sp³-hybridized carbons (Fsp3) is 0.241. The second kappa shape index (κ2) is 11.3. The molecular weight excluding hydrogens is 424 g/mol. The SMILES string of the molecule is CCOC(=O)CCCCCn1c(-c2ccccc2)c(-c2ccccc2)n(-c2ccccc2)c1=O. The maximum absolute atomic E-state index is 13.9. The second-order valence-corrected chi connectivity index (χ2v) is 8.15. The molecule has 174 valence electrons. The Morgan fingerprint density at radius 1 is 0.735 bits per heavy atom. The summed E-state index contributed by atoms with van der Waals surface area (Å²) in [5.41, 5.74) is 4.56. The first-order chi connectivity index (χ1) is 16.7. The number of rotatable bonds is 10. The van der Waals surface area contributed by atoms with Crippen molar-refractivity contribution in [1.29, 1.82) is 0 Å². The van der Waals surface area contributed by atoms with E-state index >= 15 is 0 Å². The molecule has 1 heterocycles. The third-order valence-electron chi connectivity index (χ3n) is 5.82. The molecule has 0 aliphatic heterocycles. The fourth-order valence-corrected chi connectivity index (χ4v) is 4.27. The van der Waals surface area contributed by atoms with Gasteiger partial charge in [-0.2, -0.15) is 0 Å². The van der Waals surface area contributed by atoms with Crippen molar-refractivity contribution in [3.63, 3.8) is 0 Å². The Labute approximate surface area is 200 Å². The maximum atomic E-state index is 13.9. The van der Waals surface area contributed by atoms with Crippen LogP contribution in [0, 0.1) is 0 Å². The molecule has 0 bridgehead atoms. The average Bonchev–Trinajstić information content (AvgIpc) is 3.17. The van der Waals surface area contributed by atoms with Crippen molar-refractivity contribution < 1.29 is 9.53 Å². The van der Waals surface area contributed by atoms with Crippen LogP contribution >= 0.6 is 0 Å². The van der Waals surface area contributed by atoms with Gasteiger partial charge in [-0.25, -0.2) is 4.79 Å². The molecule has 4 aromatic rings. The first-order valence-electron chi connectivity index (χ1n) is 11.9. The van der Waals surface area contributed by atoms with Gasteiger partial charge in [-0.15, -0.1) is 0 Å². The number of imidazole rings is 1. The van der Waals surface area contributed by atoms with E-state index in [1.807, 2.05) is 107 Å². The summed E-state index contributed by atoms with van der Waals surface area (Å²) in [4.78, 5) is 25.5. The highest BCUT2D eigenvalue weighted by Crippen LogP contribution is 2.33. The molecule has 5 heteroatoms. The molecule has 0 saturated carbocycles. The highest BCUT2D eigenvalue weighted by molar-refractivity contribution is 5.80. The van der Waals surface area contributed by atoms with E-state index in [1.54, 1.807) is 0 Å².